The number of nitrogen functional groups attached to an aromatic ring is 1. The van der Waals surface area contributed by atoms with E-state index in [1.54, 1.807) is 13.8 Å². The van der Waals surface area contributed by atoms with Crippen LogP contribution in [0.4, 0.5) is 15.1 Å². The normalized spacial score (nSPS) is 31.7. The number of carbonyl (C=O) groups excluding carboxylic acids is 1. The molecule has 1 amide bonds. The molecule has 0 aliphatic carbocycles. The molecule has 2 saturated heterocycles. The number of imidazole rings is 1. The third kappa shape index (κ3) is 4.53. The van der Waals surface area contributed by atoms with Crippen molar-refractivity contribution in [3.63, 3.8) is 0 Å². The molecule has 2 fully saturated rings. The fourth-order valence-corrected chi connectivity index (χ4v) is 5.28. The topological polar surface area (TPSA) is 171 Å². The predicted molar refractivity (Wildman–Crippen MR) is 114 cm³/mol. The van der Waals surface area contributed by atoms with Gasteiger partial charge in [0.15, 0.2) is 23.1 Å². The average molecular weight is 504 g/mol. The number of ether oxygens (including phenoxy) is 3. The molecule has 2 aliphatic heterocycles. The number of anilines is 1. The number of methoxy groups -OCH3 is 1. The van der Waals surface area contributed by atoms with E-state index in [0.717, 1.165) is 0 Å². The second-order valence-electron chi connectivity index (χ2n) is 7.92. The highest BCUT2D eigenvalue weighted by molar-refractivity contribution is 7.48. The molecule has 4 heterocycles. The minimum absolute atomic E-state index is 0.0826. The molecule has 16 heteroatoms. The summed E-state index contributed by atoms with van der Waals surface area (Å²) in [6, 6.07) is -0.575. The first-order chi connectivity index (χ1) is 16.1. The van der Waals surface area contributed by atoms with E-state index in [4.69, 9.17) is 28.8 Å². The Hall–Kier alpha value is -2.58. The van der Waals surface area contributed by atoms with Gasteiger partial charge in [-0.1, -0.05) is 0 Å². The summed E-state index contributed by atoms with van der Waals surface area (Å²) in [5, 5.41) is 2.45. The van der Waals surface area contributed by atoms with Gasteiger partial charge in [0.1, 0.15) is 12.2 Å². The number of aromatic nitrogens is 4. The largest absolute Gasteiger partial charge is 0.476 e. The number of alkyl halides is 1. The smallest absolute Gasteiger partial charge is 0.475 e. The number of hydrogen-bond acceptors (Lipinski definition) is 12. The van der Waals surface area contributed by atoms with Gasteiger partial charge in [0.2, 0.25) is 11.8 Å². The molecule has 2 aliphatic rings. The molecular weight excluding hydrogens is 478 g/mol. The van der Waals surface area contributed by atoms with Crippen LogP contribution in [0.25, 0.3) is 11.2 Å². The van der Waals surface area contributed by atoms with E-state index in [2.05, 4.69) is 25.0 Å². The maximum atomic E-state index is 16.1. The van der Waals surface area contributed by atoms with Gasteiger partial charge in [0.25, 0.3) is 0 Å². The molecule has 2 aromatic heterocycles. The third-order valence-corrected chi connectivity index (χ3v) is 6.71. The van der Waals surface area contributed by atoms with Gasteiger partial charge in [-0.2, -0.15) is 9.97 Å². The van der Waals surface area contributed by atoms with Crippen molar-refractivity contribution < 1.29 is 41.5 Å². The van der Waals surface area contributed by atoms with Crippen molar-refractivity contribution in [1.82, 2.24) is 24.8 Å². The number of halogens is 1. The average Bonchev–Trinajstić information content (AvgIpc) is 3.30. The van der Waals surface area contributed by atoms with Gasteiger partial charge in [-0.15, -0.1) is 0 Å². The highest BCUT2D eigenvalue weighted by atomic mass is 31.2. The molecule has 0 bridgehead atoms. The van der Waals surface area contributed by atoms with Crippen molar-refractivity contribution in [3.8, 4) is 5.88 Å². The molecule has 4 rings (SSSR count). The van der Waals surface area contributed by atoms with Gasteiger partial charge < -0.3 is 25.3 Å². The SMILES string of the molecule is CCOc1nc(N)nc2c1ncn2[C@@H]1O[C@@H]2CO[P@](=O)(OC[C@H](C)NC(=O)OC)O[C@H]2[C@@]1(C)F. The Balaban J connectivity index is 1.54. The summed E-state index contributed by atoms with van der Waals surface area (Å²) < 4.78 is 62.3. The molecule has 0 radical (unpaired) electrons. The Morgan fingerprint density at radius 3 is 2.97 bits per heavy atom. The van der Waals surface area contributed by atoms with Crippen LogP contribution in [-0.4, -0.2) is 76.5 Å². The first kappa shape index (κ1) is 24.5. The maximum Gasteiger partial charge on any atom is 0.475 e. The van der Waals surface area contributed by atoms with Crippen molar-refractivity contribution in [2.45, 2.75) is 50.9 Å². The Bertz CT molecular complexity index is 1120. The Morgan fingerprint density at radius 2 is 2.26 bits per heavy atom. The molecule has 0 unspecified atom stereocenters. The monoisotopic (exact) mass is 504 g/mol. The van der Waals surface area contributed by atoms with E-state index in [1.807, 2.05) is 0 Å². The van der Waals surface area contributed by atoms with Gasteiger partial charge in [-0.3, -0.25) is 18.1 Å². The van der Waals surface area contributed by atoms with Crippen LogP contribution in [0.3, 0.4) is 0 Å². The molecule has 3 N–H and O–H groups in total. The number of nitrogens with one attached hydrogen (secondary N) is 1. The van der Waals surface area contributed by atoms with Crippen LogP contribution in [0.5, 0.6) is 5.88 Å². The number of nitrogens with zero attached hydrogens (tertiary/aromatic N) is 4. The maximum absolute atomic E-state index is 16.1. The van der Waals surface area contributed by atoms with E-state index in [9.17, 15) is 9.36 Å². The number of phosphoric acid groups is 1. The van der Waals surface area contributed by atoms with Crippen molar-refractivity contribution in [3.05, 3.63) is 6.33 Å². The Kier molecular flexibility index (Phi) is 6.66. The standard InChI is InChI=1S/C18H26FN6O8P/c1-5-29-14-11-13(23-16(20)24-14)25(8-21-11)15-18(3,19)12-10(32-15)7-31-34(27,33-12)30-6-9(2)22-17(26)28-4/h8-10,12,15H,5-7H2,1-4H3,(H,22,26)(H2,20,23,24)/t9-,10+,12+,15+,18+,34-/m0/s1. The number of rotatable bonds is 7. The summed E-state index contributed by atoms with van der Waals surface area (Å²) >= 11 is 0. The first-order valence-corrected chi connectivity index (χ1v) is 11.9. The number of fused-ring (bicyclic) bond motifs is 2. The zero-order valence-electron chi connectivity index (χ0n) is 19.0. The first-order valence-electron chi connectivity index (χ1n) is 10.5. The lowest BCUT2D eigenvalue weighted by molar-refractivity contribution is -0.0711. The van der Waals surface area contributed by atoms with Gasteiger partial charge in [0.05, 0.1) is 39.3 Å². The van der Waals surface area contributed by atoms with E-state index in [1.165, 1.54) is 24.9 Å². The highest BCUT2D eigenvalue weighted by Gasteiger charge is 2.61. The van der Waals surface area contributed by atoms with Gasteiger partial charge in [0, 0.05) is 0 Å². The quantitative estimate of drug-likeness (QED) is 0.524. The zero-order valence-corrected chi connectivity index (χ0v) is 19.9. The molecule has 0 spiro atoms. The van der Waals surface area contributed by atoms with Gasteiger partial charge in [-0.05, 0) is 20.8 Å². The summed E-state index contributed by atoms with van der Waals surface area (Å²) in [5.74, 6) is 0.0766. The summed E-state index contributed by atoms with van der Waals surface area (Å²) in [4.78, 5) is 23.7. The molecule has 0 saturated carbocycles. The molecule has 0 aromatic carbocycles. The second-order valence-corrected chi connectivity index (χ2v) is 9.55. The minimum Gasteiger partial charge on any atom is -0.476 e. The number of alkyl carbamates (subject to hydrolysis) is 1. The van der Waals surface area contributed by atoms with Crippen LogP contribution in [0, 0.1) is 0 Å². The van der Waals surface area contributed by atoms with Gasteiger partial charge in [-0.25, -0.2) is 18.7 Å². The van der Waals surface area contributed by atoms with Crippen molar-refractivity contribution >= 4 is 31.0 Å². The molecule has 6 atom stereocenters. The number of phosphoric ester groups is 1. The molecule has 34 heavy (non-hydrogen) atoms. The molecule has 2 aromatic rings. The Labute approximate surface area is 193 Å². The summed E-state index contributed by atoms with van der Waals surface area (Å²) in [5.41, 5.74) is 4.08. The van der Waals surface area contributed by atoms with Crippen LogP contribution in [0.2, 0.25) is 0 Å². The number of hydrogen-bond donors (Lipinski definition) is 2. The van der Waals surface area contributed by atoms with E-state index in [0.29, 0.717) is 6.61 Å². The van der Waals surface area contributed by atoms with Crippen LogP contribution >= 0.6 is 7.82 Å². The lowest BCUT2D eigenvalue weighted by atomic mass is 9.98. The summed E-state index contributed by atoms with van der Waals surface area (Å²) in [6.07, 6.45) is -2.79. The van der Waals surface area contributed by atoms with Crippen LogP contribution < -0.4 is 15.8 Å². The van der Waals surface area contributed by atoms with Crippen molar-refractivity contribution in [2.24, 2.45) is 0 Å². The fourth-order valence-electron chi connectivity index (χ4n) is 3.73. The minimum atomic E-state index is -4.15. The van der Waals surface area contributed by atoms with E-state index in [-0.39, 0.29) is 36.2 Å². The highest BCUT2D eigenvalue weighted by Crippen LogP contribution is 2.59. The van der Waals surface area contributed by atoms with Gasteiger partial charge >= 0.3 is 13.9 Å². The number of carbonyl (C=O) groups is 1. The lowest BCUT2D eigenvalue weighted by Gasteiger charge is -2.34. The summed E-state index contributed by atoms with van der Waals surface area (Å²) in [6.45, 7) is 4.47. The van der Waals surface area contributed by atoms with E-state index >= 15 is 4.39 Å². The van der Waals surface area contributed by atoms with Crippen LogP contribution in [0.1, 0.15) is 27.0 Å². The lowest BCUT2D eigenvalue weighted by Crippen LogP contribution is -2.45. The molecule has 14 nitrogen and oxygen atoms in total. The summed E-state index contributed by atoms with van der Waals surface area (Å²) in [7, 11) is -2.94. The van der Waals surface area contributed by atoms with Crippen LogP contribution in [-0.2, 0) is 27.6 Å². The number of amides is 1. The molecule has 188 valence electrons. The third-order valence-electron chi connectivity index (χ3n) is 5.29. The van der Waals surface area contributed by atoms with E-state index < -0.39 is 44.1 Å². The predicted octanol–water partition coefficient (Wildman–Crippen LogP) is 1.72. The van der Waals surface area contributed by atoms with Crippen molar-refractivity contribution in [1.29, 1.82) is 0 Å². The number of nitrogens with two attached hydrogens (primary N) is 1. The second kappa shape index (κ2) is 9.23. The van der Waals surface area contributed by atoms with Crippen molar-refractivity contribution in [2.75, 3.05) is 32.7 Å². The zero-order chi connectivity index (χ0) is 24.7. The fraction of sp³-hybridized carbons (Fsp3) is 0.667. The Morgan fingerprint density at radius 1 is 1.50 bits per heavy atom. The molecular formula is C18H26FN6O8P. The van der Waals surface area contributed by atoms with Crippen LogP contribution in [0.15, 0.2) is 6.33 Å².